The topological polar surface area (TPSA) is 78.8 Å². The second kappa shape index (κ2) is 7.39. The molecule has 0 aromatic heterocycles. The second-order valence-electron chi connectivity index (χ2n) is 7.15. The van der Waals surface area contributed by atoms with Crippen molar-refractivity contribution in [3.63, 3.8) is 0 Å². The molecular formula is C21H23N3O3S. The molecule has 1 fully saturated rings. The van der Waals surface area contributed by atoms with E-state index in [9.17, 15) is 13.2 Å². The molecule has 0 atom stereocenters. The molecule has 0 spiro atoms. The van der Waals surface area contributed by atoms with Gasteiger partial charge in [0.25, 0.3) is 10.0 Å². The number of amides is 1. The third-order valence-electron chi connectivity index (χ3n) is 5.43. The van der Waals surface area contributed by atoms with Crippen LogP contribution in [0.2, 0.25) is 0 Å². The van der Waals surface area contributed by atoms with Crippen LogP contribution in [-0.2, 0) is 21.2 Å². The van der Waals surface area contributed by atoms with Crippen LogP contribution in [0.3, 0.4) is 0 Å². The summed E-state index contributed by atoms with van der Waals surface area (Å²) in [5.41, 5.74) is 2.65. The number of anilines is 1. The molecule has 0 aliphatic carbocycles. The number of para-hydroxylation sites is 1. The van der Waals surface area contributed by atoms with E-state index < -0.39 is 10.0 Å². The Bertz CT molecular complexity index is 1040. The normalized spacial score (nSPS) is 18.5. The van der Waals surface area contributed by atoms with Gasteiger partial charge in [0.2, 0.25) is 5.91 Å². The first kappa shape index (κ1) is 18.7. The lowest BCUT2D eigenvalue weighted by Gasteiger charge is -2.32. The largest absolute Gasteiger partial charge is 0.355 e. The Morgan fingerprint density at radius 1 is 1.11 bits per heavy atom. The van der Waals surface area contributed by atoms with E-state index in [0.717, 1.165) is 17.7 Å². The van der Waals surface area contributed by atoms with Crippen molar-refractivity contribution in [3.05, 3.63) is 59.7 Å². The standard InChI is InChI=1S/C21H23N3O3S/c1-2-15-7-3-5-9-18(15)22-21(25)16-11-13-24(14-12-16)20-17-8-4-6-10-19(17)28(26,27)23-20/h3-10,16H,2,11-14H2,1H3,(H,22,25). The lowest BCUT2D eigenvalue weighted by molar-refractivity contribution is -0.121. The summed E-state index contributed by atoms with van der Waals surface area (Å²) in [6, 6.07) is 14.8. The molecule has 4 rings (SSSR count). The highest BCUT2D eigenvalue weighted by Crippen LogP contribution is 2.30. The Hall–Kier alpha value is -2.67. The number of rotatable bonds is 3. The van der Waals surface area contributed by atoms with Crippen LogP contribution in [0, 0.1) is 5.92 Å². The van der Waals surface area contributed by atoms with Crippen molar-refractivity contribution in [2.75, 3.05) is 18.4 Å². The molecule has 0 radical (unpaired) electrons. The molecule has 2 aliphatic rings. The number of nitrogens with one attached hydrogen (secondary N) is 1. The van der Waals surface area contributed by atoms with Gasteiger partial charge in [-0.15, -0.1) is 4.40 Å². The van der Waals surface area contributed by atoms with Crippen molar-refractivity contribution in [3.8, 4) is 0 Å². The lowest BCUT2D eigenvalue weighted by Crippen LogP contribution is -2.41. The van der Waals surface area contributed by atoms with E-state index in [1.54, 1.807) is 18.2 Å². The van der Waals surface area contributed by atoms with Gasteiger partial charge < -0.3 is 10.2 Å². The average Bonchev–Trinajstić information content (AvgIpc) is 3.00. The highest BCUT2D eigenvalue weighted by Gasteiger charge is 2.34. The maximum atomic E-state index is 12.7. The van der Waals surface area contributed by atoms with Gasteiger partial charge in [-0.1, -0.05) is 37.3 Å². The van der Waals surface area contributed by atoms with Crippen molar-refractivity contribution in [1.82, 2.24) is 4.90 Å². The molecule has 7 heteroatoms. The zero-order valence-electron chi connectivity index (χ0n) is 15.8. The van der Waals surface area contributed by atoms with Gasteiger partial charge in [0.15, 0.2) is 5.84 Å². The molecule has 146 valence electrons. The van der Waals surface area contributed by atoms with E-state index in [1.165, 1.54) is 0 Å². The molecule has 2 aliphatic heterocycles. The minimum absolute atomic E-state index is 0.0296. The van der Waals surface area contributed by atoms with E-state index in [4.69, 9.17) is 0 Å². The highest BCUT2D eigenvalue weighted by molar-refractivity contribution is 7.90. The van der Waals surface area contributed by atoms with Crippen molar-refractivity contribution in [1.29, 1.82) is 0 Å². The van der Waals surface area contributed by atoms with Crippen LogP contribution in [-0.4, -0.2) is 38.2 Å². The molecule has 28 heavy (non-hydrogen) atoms. The van der Waals surface area contributed by atoms with Crippen LogP contribution in [0.25, 0.3) is 0 Å². The first-order valence-electron chi connectivity index (χ1n) is 9.57. The summed E-state index contributed by atoms with van der Waals surface area (Å²) < 4.78 is 28.5. The highest BCUT2D eigenvalue weighted by atomic mass is 32.2. The molecular weight excluding hydrogens is 374 g/mol. The van der Waals surface area contributed by atoms with Crippen LogP contribution >= 0.6 is 0 Å². The minimum atomic E-state index is -3.62. The molecule has 0 unspecified atom stereocenters. The first-order chi connectivity index (χ1) is 13.5. The zero-order valence-corrected chi connectivity index (χ0v) is 16.6. The number of carbonyl (C=O) groups excluding carboxylic acids is 1. The van der Waals surface area contributed by atoms with Gasteiger partial charge in [0.05, 0.1) is 0 Å². The fourth-order valence-electron chi connectivity index (χ4n) is 3.86. The fraction of sp³-hybridized carbons (Fsp3) is 0.333. The SMILES string of the molecule is CCc1ccccc1NC(=O)C1CCN(C2=NS(=O)(=O)c3ccccc32)CC1. The summed E-state index contributed by atoms with van der Waals surface area (Å²) >= 11 is 0. The molecule has 1 saturated heterocycles. The molecule has 2 aromatic rings. The number of amidine groups is 1. The number of piperidine rings is 1. The molecule has 2 heterocycles. The third kappa shape index (κ3) is 3.42. The van der Waals surface area contributed by atoms with E-state index in [1.807, 2.05) is 35.2 Å². The maximum Gasteiger partial charge on any atom is 0.285 e. The Balaban J connectivity index is 1.44. The van der Waals surface area contributed by atoms with Crippen molar-refractivity contribution in [2.45, 2.75) is 31.1 Å². The minimum Gasteiger partial charge on any atom is -0.355 e. The summed E-state index contributed by atoms with van der Waals surface area (Å²) in [5, 5.41) is 3.06. The van der Waals surface area contributed by atoms with Gasteiger partial charge in [0, 0.05) is 30.3 Å². The van der Waals surface area contributed by atoms with E-state index in [2.05, 4.69) is 16.6 Å². The summed E-state index contributed by atoms with van der Waals surface area (Å²) in [6.45, 7) is 3.28. The number of nitrogens with zero attached hydrogens (tertiary/aromatic N) is 2. The van der Waals surface area contributed by atoms with Crippen molar-refractivity contribution >= 4 is 27.5 Å². The van der Waals surface area contributed by atoms with E-state index in [-0.39, 0.29) is 16.7 Å². The number of sulfonamides is 1. The monoisotopic (exact) mass is 397 g/mol. The number of hydrogen-bond donors (Lipinski definition) is 1. The summed E-state index contributed by atoms with van der Waals surface area (Å²) in [5.74, 6) is 0.447. The Morgan fingerprint density at radius 3 is 2.54 bits per heavy atom. The maximum absolute atomic E-state index is 12.7. The quantitative estimate of drug-likeness (QED) is 0.863. The molecule has 1 amide bonds. The van der Waals surface area contributed by atoms with Gasteiger partial charge in [-0.3, -0.25) is 4.79 Å². The lowest BCUT2D eigenvalue weighted by atomic mass is 9.95. The third-order valence-corrected chi connectivity index (χ3v) is 6.76. The number of aryl methyl sites for hydroxylation is 1. The molecule has 2 aromatic carbocycles. The number of benzene rings is 2. The predicted molar refractivity (Wildman–Crippen MR) is 109 cm³/mol. The number of carbonyl (C=O) groups is 1. The Labute approximate surface area is 165 Å². The van der Waals surface area contributed by atoms with Crippen LogP contribution in [0.1, 0.15) is 30.9 Å². The van der Waals surface area contributed by atoms with Gasteiger partial charge >= 0.3 is 0 Å². The molecule has 0 bridgehead atoms. The van der Waals surface area contributed by atoms with Crippen LogP contribution in [0.4, 0.5) is 5.69 Å². The van der Waals surface area contributed by atoms with Crippen molar-refractivity contribution < 1.29 is 13.2 Å². The van der Waals surface area contributed by atoms with Gasteiger partial charge in [-0.05, 0) is 43.0 Å². The smallest absolute Gasteiger partial charge is 0.285 e. The van der Waals surface area contributed by atoms with Gasteiger partial charge in [-0.2, -0.15) is 8.42 Å². The summed E-state index contributed by atoms with van der Waals surface area (Å²) in [6.07, 6.45) is 2.20. The molecule has 6 nitrogen and oxygen atoms in total. The van der Waals surface area contributed by atoms with Crippen molar-refractivity contribution in [2.24, 2.45) is 10.3 Å². The number of hydrogen-bond acceptors (Lipinski definition) is 4. The first-order valence-corrected chi connectivity index (χ1v) is 11.0. The average molecular weight is 398 g/mol. The summed E-state index contributed by atoms with van der Waals surface area (Å²) in [4.78, 5) is 15.0. The Kier molecular flexibility index (Phi) is 4.93. The van der Waals surface area contributed by atoms with E-state index in [0.29, 0.717) is 37.3 Å². The van der Waals surface area contributed by atoms with E-state index >= 15 is 0 Å². The number of fused-ring (bicyclic) bond motifs is 1. The number of likely N-dealkylation sites (tertiary alicyclic amines) is 1. The Morgan fingerprint density at radius 2 is 1.79 bits per heavy atom. The van der Waals surface area contributed by atoms with Gasteiger partial charge in [0.1, 0.15) is 4.90 Å². The predicted octanol–water partition coefficient (Wildman–Crippen LogP) is 3.05. The molecule has 1 N–H and O–H groups in total. The van der Waals surface area contributed by atoms with Crippen LogP contribution in [0.5, 0.6) is 0 Å². The second-order valence-corrected chi connectivity index (χ2v) is 8.72. The summed E-state index contributed by atoms with van der Waals surface area (Å²) in [7, 11) is -3.62. The zero-order chi connectivity index (χ0) is 19.7. The fourth-order valence-corrected chi connectivity index (χ4v) is 5.08. The van der Waals surface area contributed by atoms with Crippen LogP contribution < -0.4 is 5.32 Å². The van der Waals surface area contributed by atoms with Gasteiger partial charge in [-0.25, -0.2) is 0 Å². The van der Waals surface area contributed by atoms with Crippen LogP contribution in [0.15, 0.2) is 57.8 Å². The molecule has 0 saturated carbocycles.